The first-order chi connectivity index (χ1) is 5.43. The maximum absolute atomic E-state index is 10.5. The lowest BCUT2D eigenvalue weighted by atomic mass is 9.92. The van der Waals surface area contributed by atoms with Crippen LogP contribution in [0.3, 0.4) is 0 Å². The van der Waals surface area contributed by atoms with Crippen LogP contribution in [0.5, 0.6) is 0 Å². The zero-order valence-corrected chi connectivity index (χ0v) is 8.08. The van der Waals surface area contributed by atoms with Crippen LogP contribution < -0.4 is 5.73 Å². The molecule has 0 radical (unpaired) electrons. The Kier molecular flexibility index (Phi) is 4.90. The minimum absolute atomic E-state index is 0.168. The number of hydrogen-bond donors (Lipinski definition) is 2. The summed E-state index contributed by atoms with van der Waals surface area (Å²) in [6, 6.07) is 0.168. The monoisotopic (exact) mass is 173 g/mol. The van der Waals surface area contributed by atoms with Gasteiger partial charge >= 0.3 is 5.97 Å². The van der Waals surface area contributed by atoms with Crippen LogP contribution in [0.25, 0.3) is 0 Å². The molecule has 0 amide bonds. The van der Waals surface area contributed by atoms with Crippen molar-refractivity contribution in [3.8, 4) is 0 Å². The standard InChI is InChI=1S/C9H19NO2/c1-6(5-8(3)10)4-7(2)9(11)12/h6-8H,4-5,10H2,1-3H3,(H,11,12)/t6-,7-,8-/m0/s1. The van der Waals surface area contributed by atoms with Crippen molar-refractivity contribution in [1.82, 2.24) is 0 Å². The predicted molar refractivity (Wildman–Crippen MR) is 48.8 cm³/mol. The maximum atomic E-state index is 10.5. The van der Waals surface area contributed by atoms with Gasteiger partial charge in [0.2, 0.25) is 0 Å². The van der Waals surface area contributed by atoms with Gasteiger partial charge in [0.05, 0.1) is 5.92 Å². The second kappa shape index (κ2) is 5.14. The van der Waals surface area contributed by atoms with E-state index in [0.717, 1.165) is 12.8 Å². The lowest BCUT2D eigenvalue weighted by Gasteiger charge is -2.15. The molecule has 0 saturated heterocycles. The van der Waals surface area contributed by atoms with Gasteiger partial charge in [0.25, 0.3) is 0 Å². The Bertz CT molecular complexity index is 145. The summed E-state index contributed by atoms with van der Waals surface area (Å²) in [5.74, 6) is -0.568. The fraction of sp³-hybridized carbons (Fsp3) is 0.889. The van der Waals surface area contributed by atoms with E-state index in [1.165, 1.54) is 0 Å². The van der Waals surface area contributed by atoms with Gasteiger partial charge in [-0.3, -0.25) is 4.79 Å². The van der Waals surface area contributed by atoms with Crippen LogP contribution in [0.15, 0.2) is 0 Å². The molecule has 12 heavy (non-hydrogen) atoms. The third kappa shape index (κ3) is 5.13. The van der Waals surface area contributed by atoms with Gasteiger partial charge in [-0.25, -0.2) is 0 Å². The lowest BCUT2D eigenvalue weighted by Crippen LogP contribution is -2.21. The van der Waals surface area contributed by atoms with Crippen LogP contribution in [-0.2, 0) is 4.79 Å². The van der Waals surface area contributed by atoms with Gasteiger partial charge in [-0.2, -0.15) is 0 Å². The molecule has 0 heterocycles. The quantitative estimate of drug-likeness (QED) is 0.661. The van der Waals surface area contributed by atoms with Crippen molar-refractivity contribution in [1.29, 1.82) is 0 Å². The van der Waals surface area contributed by atoms with E-state index in [9.17, 15) is 4.79 Å². The van der Waals surface area contributed by atoms with E-state index >= 15 is 0 Å². The van der Waals surface area contributed by atoms with E-state index in [1.54, 1.807) is 6.92 Å². The minimum Gasteiger partial charge on any atom is -0.481 e. The van der Waals surface area contributed by atoms with Crippen molar-refractivity contribution in [2.24, 2.45) is 17.6 Å². The van der Waals surface area contributed by atoms with Gasteiger partial charge in [-0.15, -0.1) is 0 Å². The second-order valence-corrected chi connectivity index (χ2v) is 3.79. The fourth-order valence-corrected chi connectivity index (χ4v) is 1.44. The largest absolute Gasteiger partial charge is 0.481 e. The van der Waals surface area contributed by atoms with Crippen LogP contribution in [0.2, 0.25) is 0 Å². The lowest BCUT2D eigenvalue weighted by molar-refractivity contribution is -0.141. The van der Waals surface area contributed by atoms with E-state index in [4.69, 9.17) is 10.8 Å². The van der Waals surface area contributed by atoms with Gasteiger partial charge in [0, 0.05) is 6.04 Å². The Hall–Kier alpha value is -0.570. The summed E-state index contributed by atoms with van der Waals surface area (Å²) < 4.78 is 0. The molecule has 3 heteroatoms. The highest BCUT2D eigenvalue weighted by molar-refractivity contribution is 5.69. The van der Waals surface area contributed by atoms with Crippen molar-refractivity contribution in [2.75, 3.05) is 0 Å². The molecule has 0 rings (SSSR count). The summed E-state index contributed by atoms with van der Waals surface area (Å²) in [6.45, 7) is 5.73. The van der Waals surface area contributed by atoms with E-state index in [2.05, 4.69) is 0 Å². The molecule has 0 spiro atoms. The van der Waals surface area contributed by atoms with Gasteiger partial charge in [-0.1, -0.05) is 13.8 Å². The first-order valence-corrected chi connectivity index (χ1v) is 4.41. The minimum atomic E-state index is -0.716. The second-order valence-electron chi connectivity index (χ2n) is 3.79. The number of rotatable bonds is 5. The van der Waals surface area contributed by atoms with Gasteiger partial charge < -0.3 is 10.8 Å². The molecule has 0 aliphatic carbocycles. The first kappa shape index (κ1) is 11.4. The molecule has 0 aliphatic rings. The van der Waals surface area contributed by atoms with Gasteiger partial charge in [0.15, 0.2) is 0 Å². The highest BCUT2D eigenvalue weighted by Crippen LogP contribution is 2.16. The number of aliphatic carboxylic acids is 1. The number of carboxylic acid groups (broad SMARTS) is 1. The molecule has 0 saturated carbocycles. The molecule has 0 bridgehead atoms. The summed E-state index contributed by atoms with van der Waals surface area (Å²) in [7, 11) is 0. The zero-order valence-electron chi connectivity index (χ0n) is 8.08. The van der Waals surface area contributed by atoms with Crippen molar-refractivity contribution in [3.63, 3.8) is 0 Å². The SMILES string of the molecule is C[C@H](C[C@H](C)N)C[C@H](C)C(=O)O. The molecule has 0 unspecified atom stereocenters. The van der Waals surface area contributed by atoms with Crippen molar-refractivity contribution in [3.05, 3.63) is 0 Å². The molecular formula is C9H19NO2. The molecule has 3 atom stereocenters. The van der Waals surface area contributed by atoms with E-state index in [1.807, 2.05) is 13.8 Å². The van der Waals surface area contributed by atoms with Crippen LogP contribution in [0.4, 0.5) is 0 Å². The zero-order chi connectivity index (χ0) is 9.72. The maximum Gasteiger partial charge on any atom is 0.306 e. The topological polar surface area (TPSA) is 63.3 Å². The Morgan fingerprint density at radius 1 is 1.33 bits per heavy atom. The van der Waals surface area contributed by atoms with Crippen LogP contribution in [0, 0.1) is 11.8 Å². The molecule has 0 aliphatic heterocycles. The first-order valence-electron chi connectivity index (χ1n) is 4.41. The van der Waals surface area contributed by atoms with Crippen molar-refractivity contribution < 1.29 is 9.90 Å². The number of carboxylic acids is 1. The highest BCUT2D eigenvalue weighted by atomic mass is 16.4. The number of nitrogens with two attached hydrogens (primary N) is 1. The summed E-state index contributed by atoms with van der Waals surface area (Å²) in [4.78, 5) is 10.5. The van der Waals surface area contributed by atoms with Gasteiger partial charge in [0.1, 0.15) is 0 Å². The molecule has 3 nitrogen and oxygen atoms in total. The molecular weight excluding hydrogens is 154 g/mol. The molecule has 72 valence electrons. The Labute approximate surface area is 74.0 Å². The summed E-state index contributed by atoms with van der Waals surface area (Å²) in [5, 5.41) is 8.63. The summed E-state index contributed by atoms with van der Waals surface area (Å²) in [5.41, 5.74) is 5.60. The molecule has 3 N–H and O–H groups in total. The Morgan fingerprint density at radius 2 is 1.83 bits per heavy atom. The molecule has 0 aromatic carbocycles. The summed E-state index contributed by atoms with van der Waals surface area (Å²) in [6.07, 6.45) is 1.62. The predicted octanol–water partition coefficient (Wildman–Crippen LogP) is 1.47. The average Bonchev–Trinajstić information content (AvgIpc) is 1.84. The van der Waals surface area contributed by atoms with Crippen LogP contribution in [0.1, 0.15) is 33.6 Å². The Balaban J connectivity index is 3.68. The third-order valence-electron chi connectivity index (χ3n) is 1.95. The van der Waals surface area contributed by atoms with Gasteiger partial charge in [-0.05, 0) is 25.7 Å². The van der Waals surface area contributed by atoms with Crippen LogP contribution in [-0.4, -0.2) is 17.1 Å². The molecule has 0 aromatic rings. The third-order valence-corrected chi connectivity index (χ3v) is 1.95. The Morgan fingerprint density at radius 3 is 2.17 bits per heavy atom. The number of carbonyl (C=O) groups is 1. The van der Waals surface area contributed by atoms with Crippen LogP contribution >= 0.6 is 0 Å². The number of hydrogen-bond acceptors (Lipinski definition) is 2. The van der Waals surface area contributed by atoms with Crippen molar-refractivity contribution >= 4 is 5.97 Å². The van der Waals surface area contributed by atoms with E-state index in [0.29, 0.717) is 5.92 Å². The molecule has 0 fully saturated rings. The fourth-order valence-electron chi connectivity index (χ4n) is 1.44. The normalized spacial score (nSPS) is 18.3. The smallest absolute Gasteiger partial charge is 0.306 e. The average molecular weight is 173 g/mol. The summed E-state index contributed by atoms with van der Waals surface area (Å²) >= 11 is 0. The van der Waals surface area contributed by atoms with E-state index < -0.39 is 5.97 Å². The van der Waals surface area contributed by atoms with Crippen molar-refractivity contribution in [2.45, 2.75) is 39.7 Å². The molecule has 0 aromatic heterocycles. The highest BCUT2D eigenvalue weighted by Gasteiger charge is 2.15. The van der Waals surface area contributed by atoms with E-state index in [-0.39, 0.29) is 12.0 Å².